The van der Waals surface area contributed by atoms with E-state index in [1.165, 1.54) is 5.56 Å². The molecular formula is C13H22N2. The first-order chi connectivity index (χ1) is 7.02. The van der Waals surface area contributed by atoms with E-state index in [9.17, 15) is 0 Å². The first-order valence-corrected chi connectivity index (χ1v) is 5.47. The lowest BCUT2D eigenvalue weighted by Gasteiger charge is -2.27. The van der Waals surface area contributed by atoms with Crippen LogP contribution in [0.4, 0.5) is 0 Å². The molecule has 0 unspecified atom stereocenters. The molecule has 0 bridgehead atoms. The molecule has 1 N–H and O–H groups in total. The molecule has 0 aromatic heterocycles. The number of nitrogens with one attached hydrogen (secondary N) is 1. The zero-order chi connectivity index (χ0) is 11.3. The Bertz CT molecular complexity index is 278. The molecule has 15 heavy (non-hydrogen) atoms. The largest absolute Gasteiger partial charge is 0.308 e. The van der Waals surface area contributed by atoms with Gasteiger partial charge in [0.2, 0.25) is 0 Å². The molecule has 0 fully saturated rings. The van der Waals surface area contributed by atoms with Crippen molar-refractivity contribution in [1.82, 2.24) is 10.2 Å². The van der Waals surface area contributed by atoms with Crippen LogP contribution in [0.1, 0.15) is 19.4 Å². The summed E-state index contributed by atoms with van der Waals surface area (Å²) in [6.45, 7) is 6.52. The van der Waals surface area contributed by atoms with Crippen molar-refractivity contribution in [3.05, 3.63) is 35.9 Å². The third-order valence-electron chi connectivity index (χ3n) is 2.62. The molecule has 1 aromatic rings. The second kappa shape index (κ2) is 5.29. The van der Waals surface area contributed by atoms with Crippen molar-refractivity contribution in [2.45, 2.75) is 19.4 Å². The summed E-state index contributed by atoms with van der Waals surface area (Å²) in [6.07, 6.45) is 0. The molecule has 0 saturated heterocycles. The summed E-state index contributed by atoms with van der Waals surface area (Å²) in [4.78, 5) is 2.19. The summed E-state index contributed by atoms with van der Waals surface area (Å²) in [6, 6.07) is 10.6. The standard InChI is InChI=1S/C13H22N2/c1-13(2,14-10-11-15(3)4)12-8-6-5-7-9-12/h5-9,14H,10-11H2,1-4H3. The van der Waals surface area contributed by atoms with Crippen molar-refractivity contribution < 1.29 is 0 Å². The summed E-state index contributed by atoms with van der Waals surface area (Å²) in [5.41, 5.74) is 1.39. The molecule has 2 nitrogen and oxygen atoms in total. The average molecular weight is 206 g/mol. The van der Waals surface area contributed by atoms with Crippen LogP contribution in [0.2, 0.25) is 0 Å². The highest BCUT2D eigenvalue weighted by molar-refractivity contribution is 5.22. The highest BCUT2D eigenvalue weighted by atomic mass is 15.1. The summed E-state index contributed by atoms with van der Waals surface area (Å²) in [5.74, 6) is 0. The van der Waals surface area contributed by atoms with E-state index < -0.39 is 0 Å². The highest BCUT2D eigenvalue weighted by Gasteiger charge is 2.18. The molecule has 0 aliphatic rings. The Morgan fingerprint density at radius 3 is 2.27 bits per heavy atom. The lowest BCUT2D eigenvalue weighted by molar-refractivity contribution is 0.344. The normalized spacial score (nSPS) is 12.1. The third-order valence-corrected chi connectivity index (χ3v) is 2.62. The van der Waals surface area contributed by atoms with E-state index >= 15 is 0 Å². The third kappa shape index (κ3) is 4.02. The van der Waals surface area contributed by atoms with Crippen LogP contribution in [0.3, 0.4) is 0 Å². The van der Waals surface area contributed by atoms with Gasteiger partial charge in [0, 0.05) is 18.6 Å². The van der Waals surface area contributed by atoms with Crippen LogP contribution in [0.15, 0.2) is 30.3 Å². The van der Waals surface area contributed by atoms with Crippen LogP contribution in [-0.4, -0.2) is 32.1 Å². The zero-order valence-corrected chi connectivity index (χ0v) is 10.2. The fourth-order valence-electron chi connectivity index (χ4n) is 1.55. The topological polar surface area (TPSA) is 15.3 Å². The predicted molar refractivity (Wildman–Crippen MR) is 66.0 cm³/mol. The molecule has 0 aliphatic heterocycles. The number of benzene rings is 1. The maximum absolute atomic E-state index is 3.56. The Labute approximate surface area is 93.3 Å². The summed E-state index contributed by atoms with van der Waals surface area (Å²) >= 11 is 0. The van der Waals surface area contributed by atoms with Crippen LogP contribution in [0.5, 0.6) is 0 Å². The minimum Gasteiger partial charge on any atom is -0.308 e. The molecule has 1 aromatic carbocycles. The van der Waals surface area contributed by atoms with Crippen molar-refractivity contribution in [2.75, 3.05) is 27.2 Å². The van der Waals surface area contributed by atoms with E-state index in [0.29, 0.717) is 0 Å². The molecule has 0 spiro atoms. The molecule has 1 rings (SSSR count). The number of nitrogens with zero attached hydrogens (tertiary/aromatic N) is 1. The number of rotatable bonds is 5. The van der Waals surface area contributed by atoms with Gasteiger partial charge in [0.15, 0.2) is 0 Å². The van der Waals surface area contributed by atoms with E-state index in [1.54, 1.807) is 0 Å². The van der Waals surface area contributed by atoms with Crippen molar-refractivity contribution >= 4 is 0 Å². The molecule has 0 amide bonds. The number of hydrogen-bond donors (Lipinski definition) is 1. The minimum absolute atomic E-state index is 0.0528. The van der Waals surface area contributed by atoms with E-state index in [4.69, 9.17) is 0 Å². The van der Waals surface area contributed by atoms with Gasteiger partial charge in [-0.15, -0.1) is 0 Å². The van der Waals surface area contributed by atoms with E-state index in [0.717, 1.165) is 13.1 Å². The number of likely N-dealkylation sites (N-methyl/N-ethyl adjacent to an activating group) is 1. The molecule has 0 heterocycles. The van der Waals surface area contributed by atoms with Gasteiger partial charge >= 0.3 is 0 Å². The van der Waals surface area contributed by atoms with Crippen molar-refractivity contribution in [3.63, 3.8) is 0 Å². The lowest BCUT2D eigenvalue weighted by atomic mass is 9.94. The summed E-state index contributed by atoms with van der Waals surface area (Å²) < 4.78 is 0. The molecule has 0 saturated carbocycles. The smallest absolute Gasteiger partial charge is 0.0377 e. The Morgan fingerprint density at radius 2 is 1.73 bits per heavy atom. The predicted octanol–water partition coefficient (Wildman–Crippen LogP) is 2.07. The van der Waals surface area contributed by atoms with Crippen LogP contribution >= 0.6 is 0 Å². The SMILES string of the molecule is CN(C)CCNC(C)(C)c1ccccc1. The van der Waals surface area contributed by atoms with Crippen molar-refractivity contribution in [1.29, 1.82) is 0 Å². The molecule has 0 atom stereocenters. The maximum atomic E-state index is 3.56. The quantitative estimate of drug-likeness (QED) is 0.793. The van der Waals surface area contributed by atoms with Gasteiger partial charge < -0.3 is 10.2 Å². The average Bonchev–Trinajstić information content (AvgIpc) is 2.18. The summed E-state index contributed by atoms with van der Waals surface area (Å²) in [7, 11) is 4.19. The highest BCUT2D eigenvalue weighted by Crippen LogP contribution is 2.18. The first-order valence-electron chi connectivity index (χ1n) is 5.47. The van der Waals surface area contributed by atoms with E-state index in [1.807, 2.05) is 0 Å². The Morgan fingerprint density at radius 1 is 1.13 bits per heavy atom. The Kier molecular flexibility index (Phi) is 4.30. The van der Waals surface area contributed by atoms with Crippen LogP contribution in [0, 0.1) is 0 Å². The fourth-order valence-corrected chi connectivity index (χ4v) is 1.55. The molecule has 84 valence electrons. The molecule has 0 aliphatic carbocycles. The van der Waals surface area contributed by atoms with Gasteiger partial charge in [-0.25, -0.2) is 0 Å². The van der Waals surface area contributed by atoms with Crippen LogP contribution < -0.4 is 5.32 Å². The van der Waals surface area contributed by atoms with Gasteiger partial charge in [0.1, 0.15) is 0 Å². The van der Waals surface area contributed by atoms with E-state index in [2.05, 4.69) is 68.5 Å². The van der Waals surface area contributed by atoms with Crippen LogP contribution in [0.25, 0.3) is 0 Å². The van der Waals surface area contributed by atoms with Crippen molar-refractivity contribution in [3.8, 4) is 0 Å². The lowest BCUT2D eigenvalue weighted by Crippen LogP contribution is -2.40. The van der Waals surface area contributed by atoms with Gasteiger partial charge in [-0.1, -0.05) is 30.3 Å². The van der Waals surface area contributed by atoms with Gasteiger partial charge in [-0.2, -0.15) is 0 Å². The fraction of sp³-hybridized carbons (Fsp3) is 0.538. The molecule has 0 radical (unpaired) electrons. The monoisotopic (exact) mass is 206 g/mol. The zero-order valence-electron chi connectivity index (χ0n) is 10.2. The Hall–Kier alpha value is -0.860. The van der Waals surface area contributed by atoms with Crippen LogP contribution in [-0.2, 0) is 5.54 Å². The molecule has 2 heteroatoms. The summed E-state index contributed by atoms with van der Waals surface area (Å²) in [5, 5.41) is 3.56. The Balaban J connectivity index is 2.52. The number of hydrogen-bond acceptors (Lipinski definition) is 2. The maximum Gasteiger partial charge on any atom is 0.0377 e. The minimum atomic E-state index is 0.0528. The van der Waals surface area contributed by atoms with Gasteiger partial charge in [-0.05, 0) is 33.5 Å². The second-order valence-corrected chi connectivity index (χ2v) is 4.72. The second-order valence-electron chi connectivity index (χ2n) is 4.72. The van der Waals surface area contributed by atoms with Gasteiger partial charge in [0.25, 0.3) is 0 Å². The van der Waals surface area contributed by atoms with Crippen molar-refractivity contribution in [2.24, 2.45) is 0 Å². The first kappa shape index (κ1) is 12.2. The van der Waals surface area contributed by atoms with Gasteiger partial charge in [-0.3, -0.25) is 0 Å². The van der Waals surface area contributed by atoms with Gasteiger partial charge in [0.05, 0.1) is 0 Å². The molecular weight excluding hydrogens is 184 g/mol. The van der Waals surface area contributed by atoms with E-state index in [-0.39, 0.29) is 5.54 Å².